The Morgan fingerprint density at radius 2 is 1.85 bits per heavy atom. The van der Waals surface area contributed by atoms with Crippen LogP contribution in [0.3, 0.4) is 0 Å². The van der Waals surface area contributed by atoms with Crippen molar-refractivity contribution in [3.05, 3.63) is 29.8 Å². The maximum Gasteiger partial charge on any atom is 0.220 e. The van der Waals surface area contributed by atoms with Crippen molar-refractivity contribution in [1.82, 2.24) is 10.6 Å². The van der Waals surface area contributed by atoms with Gasteiger partial charge < -0.3 is 15.4 Å². The molecule has 1 aromatic carbocycles. The molecular formula is C15H25ClN2O2. The lowest BCUT2D eigenvalue weighted by Crippen LogP contribution is -2.26. The Balaban J connectivity index is 0.00000361. The van der Waals surface area contributed by atoms with Crippen molar-refractivity contribution in [2.24, 2.45) is 0 Å². The van der Waals surface area contributed by atoms with Gasteiger partial charge in [-0.2, -0.15) is 0 Å². The van der Waals surface area contributed by atoms with Crippen molar-refractivity contribution in [3.63, 3.8) is 0 Å². The number of hydrogen-bond acceptors (Lipinski definition) is 3. The van der Waals surface area contributed by atoms with Gasteiger partial charge in [0.2, 0.25) is 5.91 Å². The van der Waals surface area contributed by atoms with Gasteiger partial charge in [-0.15, -0.1) is 12.4 Å². The van der Waals surface area contributed by atoms with Gasteiger partial charge in [-0.05, 0) is 45.5 Å². The largest absolute Gasteiger partial charge is 0.494 e. The van der Waals surface area contributed by atoms with Crippen LogP contribution in [0.5, 0.6) is 5.75 Å². The van der Waals surface area contributed by atoms with Crippen molar-refractivity contribution < 1.29 is 9.53 Å². The Morgan fingerprint density at radius 3 is 2.50 bits per heavy atom. The summed E-state index contributed by atoms with van der Waals surface area (Å²) in [7, 11) is 1.89. The van der Waals surface area contributed by atoms with Crippen molar-refractivity contribution >= 4 is 18.3 Å². The van der Waals surface area contributed by atoms with Crippen LogP contribution in [-0.4, -0.2) is 32.7 Å². The SMILES string of the molecule is CNCCCC(=O)NCCCOc1ccc(C)cc1.Cl. The van der Waals surface area contributed by atoms with E-state index >= 15 is 0 Å². The highest BCUT2D eigenvalue weighted by atomic mass is 35.5. The molecule has 1 amide bonds. The first-order valence-electron chi connectivity index (χ1n) is 6.83. The molecule has 5 heteroatoms. The lowest BCUT2D eigenvalue weighted by atomic mass is 10.2. The van der Waals surface area contributed by atoms with Gasteiger partial charge in [0.05, 0.1) is 6.61 Å². The number of halogens is 1. The van der Waals surface area contributed by atoms with E-state index in [2.05, 4.69) is 10.6 Å². The Bertz CT molecular complexity index is 369. The molecular weight excluding hydrogens is 276 g/mol. The lowest BCUT2D eigenvalue weighted by molar-refractivity contribution is -0.121. The molecule has 4 nitrogen and oxygen atoms in total. The number of carbonyl (C=O) groups is 1. The predicted octanol–water partition coefficient (Wildman–Crippen LogP) is 2.30. The van der Waals surface area contributed by atoms with Gasteiger partial charge in [0, 0.05) is 13.0 Å². The van der Waals surface area contributed by atoms with Crippen LogP contribution in [-0.2, 0) is 4.79 Å². The Labute approximate surface area is 127 Å². The zero-order valence-electron chi connectivity index (χ0n) is 12.3. The number of hydrogen-bond donors (Lipinski definition) is 2. The first kappa shape index (κ1) is 18.7. The minimum absolute atomic E-state index is 0. The molecule has 2 N–H and O–H groups in total. The number of ether oxygens (including phenoxy) is 1. The maximum atomic E-state index is 11.4. The highest BCUT2D eigenvalue weighted by Gasteiger charge is 1.99. The van der Waals surface area contributed by atoms with Gasteiger partial charge in [0.25, 0.3) is 0 Å². The van der Waals surface area contributed by atoms with Crippen LogP contribution < -0.4 is 15.4 Å². The standard InChI is InChI=1S/C15H24N2O2.ClH/c1-13-6-8-14(9-7-13)19-12-4-11-17-15(18)5-3-10-16-2;/h6-9,16H,3-5,10-12H2,1-2H3,(H,17,18);1H. The molecule has 1 rings (SSSR count). The summed E-state index contributed by atoms with van der Waals surface area (Å²) in [6, 6.07) is 7.98. The van der Waals surface area contributed by atoms with Gasteiger partial charge in [-0.1, -0.05) is 17.7 Å². The quantitative estimate of drug-likeness (QED) is 0.688. The molecule has 0 unspecified atom stereocenters. The summed E-state index contributed by atoms with van der Waals surface area (Å²) >= 11 is 0. The number of rotatable bonds is 9. The smallest absolute Gasteiger partial charge is 0.220 e. The molecule has 1 aromatic rings. The van der Waals surface area contributed by atoms with E-state index in [9.17, 15) is 4.79 Å². The van der Waals surface area contributed by atoms with Crippen LogP contribution in [0.2, 0.25) is 0 Å². The molecule has 0 spiro atoms. The zero-order valence-corrected chi connectivity index (χ0v) is 13.1. The van der Waals surface area contributed by atoms with Gasteiger partial charge >= 0.3 is 0 Å². The van der Waals surface area contributed by atoms with E-state index < -0.39 is 0 Å². The first-order valence-corrected chi connectivity index (χ1v) is 6.83. The molecule has 0 aliphatic heterocycles. The summed E-state index contributed by atoms with van der Waals surface area (Å²) in [5.41, 5.74) is 1.22. The van der Waals surface area contributed by atoms with Crippen LogP contribution in [0.15, 0.2) is 24.3 Å². The van der Waals surface area contributed by atoms with Crippen LogP contribution in [0.25, 0.3) is 0 Å². The maximum absolute atomic E-state index is 11.4. The lowest BCUT2D eigenvalue weighted by Gasteiger charge is -2.07. The number of nitrogens with one attached hydrogen (secondary N) is 2. The van der Waals surface area contributed by atoms with Crippen LogP contribution in [0, 0.1) is 6.92 Å². The second-order valence-electron chi connectivity index (χ2n) is 4.57. The molecule has 0 heterocycles. The second kappa shape index (κ2) is 11.6. The number of carbonyl (C=O) groups excluding carboxylic acids is 1. The molecule has 0 saturated carbocycles. The summed E-state index contributed by atoms with van der Waals surface area (Å²) in [4.78, 5) is 11.4. The summed E-state index contributed by atoms with van der Waals surface area (Å²) in [5.74, 6) is 0.997. The van der Waals surface area contributed by atoms with Crippen molar-refractivity contribution in [2.75, 3.05) is 26.7 Å². The molecule has 0 radical (unpaired) electrons. The van der Waals surface area contributed by atoms with Crippen molar-refractivity contribution in [2.45, 2.75) is 26.2 Å². The third kappa shape index (κ3) is 8.77. The summed E-state index contributed by atoms with van der Waals surface area (Å²) < 4.78 is 5.58. The van der Waals surface area contributed by atoms with Crippen LogP contribution in [0.4, 0.5) is 0 Å². The van der Waals surface area contributed by atoms with Gasteiger partial charge in [-0.3, -0.25) is 4.79 Å². The molecule has 0 bridgehead atoms. The molecule has 0 aliphatic carbocycles. The molecule has 0 aromatic heterocycles. The fourth-order valence-electron chi connectivity index (χ4n) is 1.64. The molecule has 0 saturated heterocycles. The van der Waals surface area contributed by atoms with Crippen LogP contribution >= 0.6 is 12.4 Å². The van der Waals surface area contributed by atoms with Gasteiger partial charge in [-0.25, -0.2) is 0 Å². The van der Waals surface area contributed by atoms with E-state index in [1.807, 2.05) is 38.2 Å². The summed E-state index contributed by atoms with van der Waals surface area (Å²) in [6.45, 7) is 4.22. The normalized spacial score (nSPS) is 9.70. The Hall–Kier alpha value is -1.26. The van der Waals surface area contributed by atoms with E-state index in [4.69, 9.17) is 4.74 Å². The second-order valence-corrected chi connectivity index (χ2v) is 4.57. The van der Waals surface area contributed by atoms with Crippen molar-refractivity contribution in [1.29, 1.82) is 0 Å². The van der Waals surface area contributed by atoms with E-state index in [1.54, 1.807) is 0 Å². The molecule has 0 fully saturated rings. The molecule has 114 valence electrons. The average molecular weight is 301 g/mol. The fraction of sp³-hybridized carbons (Fsp3) is 0.533. The minimum atomic E-state index is 0. The molecule has 20 heavy (non-hydrogen) atoms. The predicted molar refractivity (Wildman–Crippen MR) is 84.7 cm³/mol. The number of aryl methyl sites for hydroxylation is 1. The topological polar surface area (TPSA) is 50.4 Å². The summed E-state index contributed by atoms with van der Waals surface area (Å²) in [6.07, 6.45) is 2.29. The summed E-state index contributed by atoms with van der Waals surface area (Å²) in [5, 5.41) is 5.91. The van der Waals surface area contributed by atoms with E-state index in [-0.39, 0.29) is 18.3 Å². The molecule has 0 atom stereocenters. The van der Waals surface area contributed by atoms with E-state index in [1.165, 1.54) is 5.56 Å². The Morgan fingerprint density at radius 1 is 1.15 bits per heavy atom. The number of amides is 1. The van der Waals surface area contributed by atoms with Crippen LogP contribution in [0.1, 0.15) is 24.8 Å². The highest BCUT2D eigenvalue weighted by Crippen LogP contribution is 2.11. The number of benzene rings is 1. The third-order valence-electron chi connectivity index (χ3n) is 2.76. The van der Waals surface area contributed by atoms with Gasteiger partial charge in [0.15, 0.2) is 0 Å². The average Bonchev–Trinajstić information content (AvgIpc) is 2.41. The zero-order chi connectivity index (χ0) is 13.9. The fourth-order valence-corrected chi connectivity index (χ4v) is 1.64. The minimum Gasteiger partial charge on any atom is -0.494 e. The van der Waals surface area contributed by atoms with Crippen molar-refractivity contribution in [3.8, 4) is 5.75 Å². The molecule has 0 aliphatic rings. The monoisotopic (exact) mass is 300 g/mol. The third-order valence-corrected chi connectivity index (χ3v) is 2.76. The Kier molecular flexibility index (Phi) is 10.8. The first-order chi connectivity index (χ1) is 9.22. The van der Waals surface area contributed by atoms with E-state index in [0.717, 1.165) is 25.1 Å². The van der Waals surface area contributed by atoms with E-state index in [0.29, 0.717) is 19.6 Å². The highest BCUT2D eigenvalue weighted by molar-refractivity contribution is 5.85. The van der Waals surface area contributed by atoms with Gasteiger partial charge in [0.1, 0.15) is 5.75 Å².